The van der Waals surface area contributed by atoms with E-state index in [-0.39, 0.29) is 6.79 Å². The van der Waals surface area contributed by atoms with E-state index in [4.69, 9.17) is 9.47 Å². The summed E-state index contributed by atoms with van der Waals surface area (Å²) >= 11 is 0. The predicted molar refractivity (Wildman–Crippen MR) is 110 cm³/mol. The number of ether oxygens (including phenoxy) is 2. The first-order valence-electron chi connectivity index (χ1n) is 9.73. The highest BCUT2D eigenvalue weighted by Gasteiger charge is 2.36. The van der Waals surface area contributed by atoms with E-state index < -0.39 is 11.8 Å². The number of benzene rings is 2. The molecule has 0 fully saturated rings. The number of carbonyl (C=O) groups is 2. The maximum Gasteiger partial charge on any atom is 0.259 e. The fourth-order valence-corrected chi connectivity index (χ4v) is 4.50. The Balaban J connectivity index is 1.72. The van der Waals surface area contributed by atoms with E-state index in [0.29, 0.717) is 33.8 Å². The van der Waals surface area contributed by atoms with Crippen LogP contribution >= 0.6 is 0 Å². The molecule has 7 nitrogen and oxygen atoms in total. The van der Waals surface area contributed by atoms with E-state index in [0.717, 1.165) is 23.9 Å². The van der Waals surface area contributed by atoms with Crippen LogP contribution in [-0.4, -0.2) is 28.2 Å². The monoisotopic (exact) mass is 399 g/mol. The van der Waals surface area contributed by atoms with Crippen LogP contribution in [-0.2, 0) is 22.6 Å². The molecular formula is C23H17N3O4. The van der Waals surface area contributed by atoms with Crippen LogP contribution in [0.25, 0.3) is 22.0 Å². The first kappa shape index (κ1) is 16.9. The van der Waals surface area contributed by atoms with Crippen LogP contribution in [0, 0.1) is 0 Å². The maximum absolute atomic E-state index is 13.0. The second-order valence-electron chi connectivity index (χ2n) is 7.37. The molecule has 0 radical (unpaired) electrons. The standard InChI is InChI=1S/C23H17N3O4/c27-22-18(15-5-2-6-17-21(15)30-12-29-17)19(23(28)25-22)16-11-24-8-10-26-9-7-13-3-1-4-14(16)20(13)26/h1-6,8,10-11,24H,7,9,12H2,(H,25,27,28). The lowest BCUT2D eigenvalue weighted by atomic mass is 9.94. The molecule has 3 aliphatic rings. The summed E-state index contributed by atoms with van der Waals surface area (Å²) in [7, 11) is 0. The molecule has 0 unspecified atom stereocenters. The molecule has 2 amide bonds. The molecule has 0 saturated carbocycles. The van der Waals surface area contributed by atoms with Crippen molar-refractivity contribution in [3.8, 4) is 11.5 Å². The molecule has 148 valence electrons. The Morgan fingerprint density at radius 3 is 2.67 bits per heavy atom. The molecule has 2 N–H and O–H groups in total. The van der Waals surface area contributed by atoms with Crippen molar-refractivity contribution in [2.45, 2.75) is 13.0 Å². The van der Waals surface area contributed by atoms with E-state index in [1.807, 2.05) is 24.5 Å². The number of nitrogens with zero attached hydrogens (tertiary/aromatic N) is 1. The number of H-pyrrole nitrogens is 1. The van der Waals surface area contributed by atoms with Crippen LogP contribution < -0.4 is 14.8 Å². The minimum absolute atomic E-state index is 0.0841. The van der Waals surface area contributed by atoms with Gasteiger partial charge in [-0.05, 0) is 18.1 Å². The summed E-state index contributed by atoms with van der Waals surface area (Å²) in [6.45, 7) is 0.951. The number of hydrogen-bond acceptors (Lipinski definition) is 4. The molecule has 7 heteroatoms. The summed E-state index contributed by atoms with van der Waals surface area (Å²) in [5, 5.41) is 3.37. The van der Waals surface area contributed by atoms with Gasteiger partial charge in [0, 0.05) is 41.6 Å². The number of aryl methyl sites for hydroxylation is 2. The van der Waals surface area contributed by atoms with Gasteiger partial charge in [-0.1, -0.05) is 30.3 Å². The molecule has 0 spiro atoms. The quantitative estimate of drug-likeness (QED) is 0.649. The molecule has 1 aromatic heterocycles. The average molecular weight is 399 g/mol. The van der Waals surface area contributed by atoms with Crippen molar-refractivity contribution in [1.29, 1.82) is 0 Å². The summed E-state index contributed by atoms with van der Waals surface area (Å²) in [6, 6.07) is 11.4. The van der Waals surface area contributed by atoms with Crippen LogP contribution in [0.15, 0.2) is 55.0 Å². The van der Waals surface area contributed by atoms with Gasteiger partial charge in [-0.15, -0.1) is 0 Å². The van der Waals surface area contributed by atoms with Gasteiger partial charge in [-0.3, -0.25) is 14.9 Å². The van der Waals surface area contributed by atoms with Crippen LogP contribution in [0.5, 0.6) is 11.5 Å². The number of carbonyl (C=O) groups excluding carboxylic acids is 2. The number of rotatable bonds is 2. The smallest absolute Gasteiger partial charge is 0.259 e. The predicted octanol–water partition coefficient (Wildman–Crippen LogP) is 2.95. The minimum Gasteiger partial charge on any atom is -0.454 e. The summed E-state index contributed by atoms with van der Waals surface area (Å²) in [4.78, 5) is 29.0. The van der Waals surface area contributed by atoms with Gasteiger partial charge in [-0.2, -0.15) is 0 Å². The van der Waals surface area contributed by atoms with E-state index in [9.17, 15) is 9.59 Å². The topological polar surface area (TPSA) is 85.4 Å². The first-order chi connectivity index (χ1) is 14.7. The Hall–Kier alpha value is -4.00. The summed E-state index contributed by atoms with van der Waals surface area (Å²) < 4.78 is 13.3. The van der Waals surface area contributed by atoms with E-state index in [1.165, 1.54) is 5.56 Å². The van der Waals surface area contributed by atoms with Crippen molar-refractivity contribution in [2.75, 3.05) is 6.79 Å². The van der Waals surface area contributed by atoms with Crippen molar-refractivity contribution < 1.29 is 19.1 Å². The van der Waals surface area contributed by atoms with Gasteiger partial charge in [0.2, 0.25) is 6.79 Å². The molecule has 4 heterocycles. The molecule has 0 bridgehead atoms. The number of imide groups is 1. The molecule has 0 atom stereocenters. The van der Waals surface area contributed by atoms with Crippen LogP contribution in [0.3, 0.4) is 0 Å². The lowest BCUT2D eigenvalue weighted by Crippen LogP contribution is -2.22. The van der Waals surface area contributed by atoms with Crippen molar-refractivity contribution in [2.24, 2.45) is 0 Å². The average Bonchev–Trinajstić information content (AvgIpc) is 3.44. The van der Waals surface area contributed by atoms with Gasteiger partial charge in [-0.25, -0.2) is 0 Å². The molecule has 3 aliphatic heterocycles. The van der Waals surface area contributed by atoms with Crippen LogP contribution in [0.1, 0.15) is 16.7 Å². The van der Waals surface area contributed by atoms with Gasteiger partial charge in [0.25, 0.3) is 11.8 Å². The molecule has 30 heavy (non-hydrogen) atoms. The van der Waals surface area contributed by atoms with Gasteiger partial charge in [0.05, 0.1) is 16.7 Å². The fraction of sp³-hybridized carbons (Fsp3) is 0.130. The Kier molecular flexibility index (Phi) is 3.52. The Labute approximate surface area is 171 Å². The number of amides is 2. The van der Waals surface area contributed by atoms with E-state index in [2.05, 4.69) is 20.9 Å². The third-order valence-corrected chi connectivity index (χ3v) is 5.76. The zero-order chi connectivity index (χ0) is 20.2. The molecule has 0 aliphatic carbocycles. The van der Waals surface area contributed by atoms with Gasteiger partial charge >= 0.3 is 0 Å². The lowest BCUT2D eigenvalue weighted by Gasteiger charge is -2.10. The van der Waals surface area contributed by atoms with Gasteiger partial charge < -0.3 is 19.0 Å². The summed E-state index contributed by atoms with van der Waals surface area (Å²) in [5.41, 5.74) is 4.12. The third kappa shape index (κ3) is 2.32. The minimum atomic E-state index is -0.443. The molecular weight excluding hydrogens is 382 g/mol. The maximum atomic E-state index is 13.0. The molecule has 2 aromatic carbocycles. The second-order valence-corrected chi connectivity index (χ2v) is 7.37. The normalized spacial score (nSPS) is 16.4. The van der Waals surface area contributed by atoms with Gasteiger partial charge in [0.1, 0.15) is 0 Å². The van der Waals surface area contributed by atoms with Crippen molar-refractivity contribution in [3.63, 3.8) is 0 Å². The number of nitrogens with one attached hydrogen (secondary N) is 2. The molecule has 0 saturated heterocycles. The summed E-state index contributed by atoms with van der Waals surface area (Å²) in [6.07, 6.45) is 6.52. The number of hydrogen-bond donors (Lipinski definition) is 2. The number of aromatic amines is 1. The lowest BCUT2D eigenvalue weighted by molar-refractivity contribution is -0.122. The third-order valence-electron chi connectivity index (χ3n) is 5.76. The highest BCUT2D eigenvalue weighted by Crippen LogP contribution is 2.43. The van der Waals surface area contributed by atoms with Crippen molar-refractivity contribution in [3.05, 3.63) is 71.7 Å². The molecule has 3 aromatic rings. The Bertz CT molecular complexity index is 1340. The highest BCUT2D eigenvalue weighted by molar-refractivity contribution is 6.50. The van der Waals surface area contributed by atoms with E-state index in [1.54, 1.807) is 24.4 Å². The van der Waals surface area contributed by atoms with Crippen LogP contribution in [0.4, 0.5) is 0 Å². The number of para-hydroxylation sites is 2. The Morgan fingerprint density at radius 2 is 1.77 bits per heavy atom. The first-order valence-corrected chi connectivity index (χ1v) is 9.73. The summed E-state index contributed by atoms with van der Waals surface area (Å²) in [5.74, 6) is 0.174. The SMILES string of the molecule is O=C1NC(=O)C(c2c[nH]ccn3c4c(cccc24)CC3)=C1c1cccc2c1OCO2. The molecule has 6 rings (SSSR count). The van der Waals surface area contributed by atoms with Gasteiger partial charge in [0.15, 0.2) is 11.5 Å². The highest BCUT2D eigenvalue weighted by atomic mass is 16.7. The number of fused-ring (bicyclic) bond motifs is 1. The Morgan fingerprint density at radius 1 is 0.933 bits per heavy atom. The zero-order valence-electron chi connectivity index (χ0n) is 15.9. The number of aromatic nitrogens is 2. The second kappa shape index (κ2) is 6.25. The van der Waals surface area contributed by atoms with Crippen molar-refractivity contribution >= 4 is 33.9 Å². The zero-order valence-corrected chi connectivity index (χ0v) is 15.9. The van der Waals surface area contributed by atoms with E-state index >= 15 is 0 Å². The fourth-order valence-electron chi connectivity index (χ4n) is 4.50. The van der Waals surface area contributed by atoms with Crippen LogP contribution in [0.2, 0.25) is 0 Å². The largest absolute Gasteiger partial charge is 0.454 e. The van der Waals surface area contributed by atoms with Crippen molar-refractivity contribution in [1.82, 2.24) is 14.9 Å².